The number of benzene rings is 2. The Morgan fingerprint density at radius 2 is 1.97 bits per heavy atom. The number of nitrogens with zero attached hydrogens (tertiary/aromatic N) is 2. The third-order valence-electron chi connectivity index (χ3n) is 6.55. The number of aromatic nitrogens is 2. The van der Waals surface area contributed by atoms with Crippen LogP contribution in [-0.4, -0.2) is 22.4 Å². The highest BCUT2D eigenvalue weighted by atomic mass is 19.1. The number of rotatable bonds is 6. The van der Waals surface area contributed by atoms with E-state index in [4.69, 9.17) is 9.47 Å². The van der Waals surface area contributed by atoms with Gasteiger partial charge >= 0.3 is 5.97 Å². The van der Waals surface area contributed by atoms with E-state index in [2.05, 4.69) is 5.10 Å². The van der Waals surface area contributed by atoms with Gasteiger partial charge in [-0.3, -0.25) is 9.48 Å². The molecule has 32 heavy (non-hydrogen) atoms. The van der Waals surface area contributed by atoms with Gasteiger partial charge < -0.3 is 9.47 Å². The van der Waals surface area contributed by atoms with Crippen LogP contribution in [-0.2, 0) is 23.0 Å². The molecule has 2 aliphatic rings. The zero-order valence-electron chi connectivity index (χ0n) is 18.6. The highest BCUT2D eigenvalue weighted by molar-refractivity contribution is 5.77. The largest absolute Gasteiger partial charge is 0.486 e. The molecule has 166 valence electrons. The Morgan fingerprint density at radius 3 is 2.66 bits per heavy atom. The van der Waals surface area contributed by atoms with Crippen LogP contribution in [0.5, 0.6) is 5.75 Å². The average molecular weight is 435 g/mol. The molecule has 2 aliphatic carbocycles. The van der Waals surface area contributed by atoms with Crippen LogP contribution in [0, 0.1) is 18.7 Å². The van der Waals surface area contributed by atoms with E-state index in [-0.39, 0.29) is 29.7 Å². The fourth-order valence-electron chi connectivity index (χ4n) is 4.94. The summed E-state index contributed by atoms with van der Waals surface area (Å²) in [5.74, 6) is 0.558. The lowest BCUT2D eigenvalue weighted by Crippen LogP contribution is -2.07. The third kappa shape index (κ3) is 3.68. The molecule has 1 aromatic heterocycles. The fraction of sp³-hybridized carbons (Fsp3) is 0.385. The molecule has 1 heterocycles. The molecule has 3 atom stereocenters. The predicted molar refractivity (Wildman–Crippen MR) is 119 cm³/mol. The van der Waals surface area contributed by atoms with Crippen molar-refractivity contribution in [1.82, 2.24) is 9.78 Å². The van der Waals surface area contributed by atoms with Gasteiger partial charge in [-0.15, -0.1) is 0 Å². The summed E-state index contributed by atoms with van der Waals surface area (Å²) in [6.45, 7) is 4.21. The molecule has 0 bridgehead atoms. The van der Waals surface area contributed by atoms with Crippen molar-refractivity contribution in [2.75, 3.05) is 6.61 Å². The van der Waals surface area contributed by atoms with Crippen molar-refractivity contribution in [2.45, 2.75) is 45.1 Å². The van der Waals surface area contributed by atoms with E-state index in [1.54, 1.807) is 4.68 Å². The maximum atomic E-state index is 14.9. The summed E-state index contributed by atoms with van der Waals surface area (Å²) in [6.07, 6.45) is 4.00. The molecule has 0 spiro atoms. The van der Waals surface area contributed by atoms with Gasteiger partial charge in [0.1, 0.15) is 17.7 Å². The van der Waals surface area contributed by atoms with Gasteiger partial charge in [-0.2, -0.15) is 5.10 Å². The number of fused-ring (bicyclic) bond motifs is 1. The Morgan fingerprint density at radius 1 is 1.19 bits per heavy atom. The second-order valence-corrected chi connectivity index (χ2v) is 8.70. The van der Waals surface area contributed by atoms with Crippen molar-refractivity contribution >= 4 is 5.97 Å². The minimum Gasteiger partial charge on any atom is -0.486 e. The molecule has 1 saturated carbocycles. The number of halogens is 1. The van der Waals surface area contributed by atoms with Gasteiger partial charge in [0.2, 0.25) is 0 Å². The van der Waals surface area contributed by atoms with Crippen LogP contribution < -0.4 is 4.74 Å². The van der Waals surface area contributed by atoms with E-state index in [1.165, 1.54) is 6.07 Å². The molecule has 0 N–H and O–H groups in total. The molecule has 2 aromatic carbocycles. The normalized spacial score (nSPS) is 21.3. The Labute approximate surface area is 187 Å². The second-order valence-electron chi connectivity index (χ2n) is 8.70. The van der Waals surface area contributed by atoms with Crippen molar-refractivity contribution in [3.8, 4) is 16.9 Å². The summed E-state index contributed by atoms with van der Waals surface area (Å²) in [5, 5.41) is 4.44. The number of carbonyl (C=O) groups is 1. The molecule has 5 rings (SSSR count). The Bertz CT molecular complexity index is 1170. The van der Waals surface area contributed by atoms with Gasteiger partial charge in [0.25, 0.3) is 0 Å². The highest BCUT2D eigenvalue weighted by Crippen LogP contribution is 2.48. The van der Waals surface area contributed by atoms with Crippen molar-refractivity contribution in [3.63, 3.8) is 0 Å². The molecular formula is C26H27FN2O3. The lowest BCUT2D eigenvalue weighted by Gasteiger charge is -2.17. The molecule has 0 saturated heterocycles. The molecule has 6 heteroatoms. The molecule has 2 unspecified atom stereocenters. The molecule has 0 radical (unpaired) electrons. The lowest BCUT2D eigenvalue weighted by atomic mass is 9.97. The third-order valence-corrected chi connectivity index (χ3v) is 6.55. The van der Waals surface area contributed by atoms with Crippen molar-refractivity contribution < 1.29 is 18.7 Å². The standard InChI is InChI=1S/C26H27FN2O3/c1-4-31-26(30)21-13-20(21)16-5-7-17(8-6-16)32-24-12-10-19-18(9-11-23(27)25(19)24)22-14-29(3)28-15(22)2/h5-9,11,14,20-21,24H,4,10,12-13H2,1-3H3/t20?,21-,24?/m0/s1. The van der Waals surface area contributed by atoms with Crippen LogP contribution in [0.3, 0.4) is 0 Å². The van der Waals surface area contributed by atoms with Crippen LogP contribution >= 0.6 is 0 Å². The molecule has 5 nitrogen and oxygen atoms in total. The van der Waals surface area contributed by atoms with E-state index < -0.39 is 0 Å². The van der Waals surface area contributed by atoms with E-state index in [9.17, 15) is 9.18 Å². The van der Waals surface area contributed by atoms with Crippen LogP contribution in [0.1, 0.15) is 54.2 Å². The Kier molecular flexibility index (Phi) is 5.24. The molecule has 0 amide bonds. The first-order valence-corrected chi connectivity index (χ1v) is 11.2. The zero-order chi connectivity index (χ0) is 22.4. The molecule has 1 fully saturated rings. The van der Waals surface area contributed by atoms with E-state index in [0.717, 1.165) is 47.2 Å². The first kappa shape index (κ1) is 20.7. The summed E-state index contributed by atoms with van der Waals surface area (Å²) < 4.78 is 28.0. The molecule has 0 aliphatic heterocycles. The second kappa shape index (κ2) is 8.08. The van der Waals surface area contributed by atoms with Crippen LogP contribution in [0.25, 0.3) is 11.1 Å². The lowest BCUT2D eigenvalue weighted by molar-refractivity contribution is -0.144. The summed E-state index contributed by atoms with van der Waals surface area (Å²) in [4.78, 5) is 11.9. The smallest absolute Gasteiger partial charge is 0.309 e. The Balaban J connectivity index is 1.34. The van der Waals surface area contributed by atoms with Gasteiger partial charge in [-0.05, 0) is 73.9 Å². The zero-order valence-corrected chi connectivity index (χ0v) is 18.6. The topological polar surface area (TPSA) is 53.4 Å². The summed E-state index contributed by atoms with van der Waals surface area (Å²) in [7, 11) is 1.90. The highest BCUT2D eigenvalue weighted by Gasteiger charge is 2.45. The van der Waals surface area contributed by atoms with Crippen LogP contribution in [0.15, 0.2) is 42.6 Å². The monoisotopic (exact) mass is 434 g/mol. The number of hydrogen-bond acceptors (Lipinski definition) is 4. The van der Waals surface area contributed by atoms with Crippen molar-refractivity contribution in [3.05, 3.63) is 70.8 Å². The van der Waals surface area contributed by atoms with E-state index >= 15 is 0 Å². The number of aryl methyl sites for hydroxylation is 2. The van der Waals surface area contributed by atoms with Crippen LogP contribution in [0.4, 0.5) is 4.39 Å². The average Bonchev–Trinajstić information content (AvgIpc) is 3.36. The predicted octanol–water partition coefficient (Wildman–Crippen LogP) is 5.27. The number of hydrogen-bond donors (Lipinski definition) is 0. The number of carbonyl (C=O) groups excluding carboxylic acids is 1. The summed E-state index contributed by atoms with van der Waals surface area (Å²) in [5.41, 5.74) is 5.78. The SMILES string of the molecule is CCOC(=O)[C@H]1CC1c1ccc(OC2CCc3c(-c4cn(C)nc4C)ccc(F)c32)cc1. The van der Waals surface area contributed by atoms with Gasteiger partial charge in [0.15, 0.2) is 0 Å². The van der Waals surface area contributed by atoms with Crippen molar-refractivity contribution in [2.24, 2.45) is 13.0 Å². The van der Waals surface area contributed by atoms with Gasteiger partial charge in [0.05, 0.1) is 18.2 Å². The van der Waals surface area contributed by atoms with E-state index in [1.807, 2.05) is 57.4 Å². The molecule has 3 aromatic rings. The van der Waals surface area contributed by atoms with Gasteiger partial charge in [-0.1, -0.05) is 18.2 Å². The molecular weight excluding hydrogens is 407 g/mol. The number of ether oxygens (including phenoxy) is 2. The maximum absolute atomic E-state index is 14.9. The summed E-state index contributed by atoms with van der Waals surface area (Å²) >= 11 is 0. The van der Waals surface area contributed by atoms with Gasteiger partial charge in [-0.25, -0.2) is 4.39 Å². The van der Waals surface area contributed by atoms with Crippen molar-refractivity contribution in [1.29, 1.82) is 0 Å². The van der Waals surface area contributed by atoms with E-state index in [0.29, 0.717) is 17.9 Å². The minimum absolute atomic E-state index is 0.0353. The Hall–Kier alpha value is -3.15. The van der Waals surface area contributed by atoms with Gasteiger partial charge in [0, 0.05) is 24.4 Å². The summed E-state index contributed by atoms with van der Waals surface area (Å²) in [6, 6.07) is 11.2. The first-order valence-electron chi connectivity index (χ1n) is 11.2. The first-order chi connectivity index (χ1) is 15.5. The maximum Gasteiger partial charge on any atom is 0.309 e. The number of esters is 1. The van der Waals surface area contributed by atoms with Crippen LogP contribution in [0.2, 0.25) is 0 Å². The fourth-order valence-corrected chi connectivity index (χ4v) is 4.94. The quantitative estimate of drug-likeness (QED) is 0.496. The minimum atomic E-state index is -0.319.